The number of carbonyl (C=O) groups is 2. The monoisotopic (exact) mass is 380 g/mol. The minimum atomic E-state index is -0.522. The molecule has 0 saturated carbocycles. The number of aromatic nitrogens is 1. The molecular formula is C21H20N2O5. The first-order valence-electron chi connectivity index (χ1n) is 8.71. The average molecular weight is 380 g/mol. The summed E-state index contributed by atoms with van der Waals surface area (Å²) in [7, 11) is 0. The van der Waals surface area contributed by atoms with E-state index in [9.17, 15) is 9.59 Å². The van der Waals surface area contributed by atoms with Crippen molar-refractivity contribution in [2.75, 3.05) is 11.9 Å². The maximum absolute atomic E-state index is 12.1. The van der Waals surface area contributed by atoms with Gasteiger partial charge in [-0.1, -0.05) is 29.4 Å². The van der Waals surface area contributed by atoms with E-state index >= 15 is 0 Å². The molecule has 0 aliphatic rings. The lowest BCUT2D eigenvalue weighted by Crippen LogP contribution is -2.21. The molecule has 1 N–H and O–H groups in total. The van der Waals surface area contributed by atoms with E-state index in [0.717, 1.165) is 0 Å². The number of hydrogen-bond donors (Lipinski definition) is 1. The van der Waals surface area contributed by atoms with Gasteiger partial charge in [0.2, 0.25) is 0 Å². The highest BCUT2D eigenvalue weighted by atomic mass is 16.5. The molecule has 0 spiro atoms. The summed E-state index contributed by atoms with van der Waals surface area (Å²) >= 11 is 0. The molecule has 0 aliphatic carbocycles. The van der Waals surface area contributed by atoms with Crippen LogP contribution < -0.4 is 10.1 Å². The first-order valence-corrected chi connectivity index (χ1v) is 8.71. The van der Waals surface area contributed by atoms with E-state index in [1.807, 2.05) is 30.3 Å². The molecule has 7 nitrogen and oxygen atoms in total. The van der Waals surface area contributed by atoms with Crippen molar-refractivity contribution in [1.29, 1.82) is 0 Å². The number of anilines is 1. The number of benzene rings is 2. The number of nitrogens with one attached hydrogen (secondary N) is 1. The first-order chi connectivity index (χ1) is 13.5. The molecule has 144 valence electrons. The molecule has 1 heterocycles. The number of nitrogens with zero attached hydrogens (tertiary/aromatic N) is 1. The first kappa shape index (κ1) is 19.2. The SMILES string of the molecule is Cc1noc(C)c1CC(=O)OCC(=O)Nc1cccc(Oc2ccccc2)c1. The molecule has 3 aromatic rings. The van der Waals surface area contributed by atoms with Gasteiger partial charge in [0.1, 0.15) is 17.3 Å². The zero-order valence-corrected chi connectivity index (χ0v) is 15.6. The van der Waals surface area contributed by atoms with E-state index in [4.69, 9.17) is 14.0 Å². The Morgan fingerprint density at radius 1 is 1.04 bits per heavy atom. The van der Waals surface area contributed by atoms with Gasteiger partial charge in [-0.3, -0.25) is 9.59 Å². The minimum absolute atomic E-state index is 0.00878. The molecule has 0 bridgehead atoms. The number of para-hydroxylation sites is 1. The molecule has 1 amide bonds. The number of hydrogen-bond acceptors (Lipinski definition) is 6. The van der Waals surface area contributed by atoms with Crippen LogP contribution in [0.5, 0.6) is 11.5 Å². The lowest BCUT2D eigenvalue weighted by Gasteiger charge is -2.09. The fraction of sp³-hybridized carbons (Fsp3) is 0.190. The Morgan fingerprint density at radius 2 is 1.79 bits per heavy atom. The summed E-state index contributed by atoms with van der Waals surface area (Å²) in [4.78, 5) is 24.0. The van der Waals surface area contributed by atoms with Gasteiger partial charge in [0, 0.05) is 17.3 Å². The molecule has 0 radical (unpaired) electrons. The van der Waals surface area contributed by atoms with Crippen LogP contribution in [0.25, 0.3) is 0 Å². The zero-order valence-electron chi connectivity index (χ0n) is 15.6. The molecule has 0 aliphatic heterocycles. The molecule has 0 saturated heterocycles. The van der Waals surface area contributed by atoms with Crippen LogP contribution in [0.2, 0.25) is 0 Å². The van der Waals surface area contributed by atoms with Gasteiger partial charge >= 0.3 is 5.97 Å². The Balaban J connectivity index is 1.51. The van der Waals surface area contributed by atoms with Crippen molar-refractivity contribution >= 4 is 17.6 Å². The summed E-state index contributed by atoms with van der Waals surface area (Å²) in [5.74, 6) is 0.877. The predicted octanol–water partition coefficient (Wildman–Crippen LogP) is 3.81. The van der Waals surface area contributed by atoms with Crippen LogP contribution in [0.4, 0.5) is 5.69 Å². The second-order valence-electron chi connectivity index (χ2n) is 6.13. The number of ether oxygens (including phenoxy) is 2. The fourth-order valence-corrected chi connectivity index (χ4v) is 2.55. The number of esters is 1. The Kier molecular flexibility index (Phi) is 6.06. The summed E-state index contributed by atoms with van der Waals surface area (Å²) < 4.78 is 15.8. The Morgan fingerprint density at radius 3 is 2.50 bits per heavy atom. The van der Waals surface area contributed by atoms with Gasteiger partial charge in [-0.25, -0.2) is 0 Å². The highest BCUT2D eigenvalue weighted by Crippen LogP contribution is 2.23. The standard InChI is InChI=1S/C21H20N2O5/c1-14-19(15(2)28-23-14)12-21(25)26-13-20(24)22-16-7-6-10-18(11-16)27-17-8-4-3-5-9-17/h3-11H,12-13H2,1-2H3,(H,22,24). The van der Waals surface area contributed by atoms with E-state index < -0.39 is 11.9 Å². The average Bonchev–Trinajstić information content (AvgIpc) is 2.99. The number of rotatable bonds is 7. The van der Waals surface area contributed by atoms with Crippen LogP contribution in [0.3, 0.4) is 0 Å². The van der Waals surface area contributed by atoms with Crippen molar-refractivity contribution in [3.63, 3.8) is 0 Å². The molecule has 28 heavy (non-hydrogen) atoms. The highest BCUT2D eigenvalue weighted by Gasteiger charge is 2.15. The smallest absolute Gasteiger partial charge is 0.310 e. The summed E-state index contributed by atoms with van der Waals surface area (Å²) in [6.45, 7) is 3.09. The van der Waals surface area contributed by atoms with Gasteiger partial charge in [-0.15, -0.1) is 0 Å². The van der Waals surface area contributed by atoms with Crippen molar-refractivity contribution in [2.45, 2.75) is 20.3 Å². The van der Waals surface area contributed by atoms with Crippen molar-refractivity contribution in [3.8, 4) is 11.5 Å². The maximum Gasteiger partial charge on any atom is 0.310 e. The second kappa shape index (κ2) is 8.85. The minimum Gasteiger partial charge on any atom is -0.457 e. The molecule has 1 aromatic heterocycles. The van der Waals surface area contributed by atoms with Crippen molar-refractivity contribution in [1.82, 2.24) is 5.16 Å². The lowest BCUT2D eigenvalue weighted by molar-refractivity contribution is -0.146. The number of aryl methyl sites for hydroxylation is 2. The molecule has 0 atom stereocenters. The fourth-order valence-electron chi connectivity index (χ4n) is 2.55. The summed E-state index contributed by atoms with van der Waals surface area (Å²) in [5, 5.41) is 6.46. The van der Waals surface area contributed by atoms with Gasteiger partial charge in [0.05, 0.1) is 12.1 Å². The van der Waals surface area contributed by atoms with Gasteiger partial charge < -0.3 is 19.3 Å². The van der Waals surface area contributed by atoms with Crippen LogP contribution in [0.1, 0.15) is 17.0 Å². The quantitative estimate of drug-likeness (QED) is 0.627. The molecule has 7 heteroatoms. The predicted molar refractivity (Wildman–Crippen MR) is 102 cm³/mol. The van der Waals surface area contributed by atoms with Gasteiger partial charge in [0.15, 0.2) is 6.61 Å². The van der Waals surface area contributed by atoms with Crippen LogP contribution >= 0.6 is 0 Å². The number of amides is 1. The molecular weight excluding hydrogens is 360 g/mol. The van der Waals surface area contributed by atoms with E-state index in [-0.39, 0.29) is 13.0 Å². The van der Waals surface area contributed by atoms with Crippen molar-refractivity contribution in [3.05, 3.63) is 71.6 Å². The third kappa shape index (κ3) is 5.20. The highest BCUT2D eigenvalue weighted by molar-refractivity contribution is 5.93. The van der Waals surface area contributed by atoms with E-state index in [0.29, 0.717) is 34.2 Å². The molecule has 2 aromatic carbocycles. The van der Waals surface area contributed by atoms with Gasteiger partial charge in [-0.2, -0.15) is 0 Å². The van der Waals surface area contributed by atoms with E-state index in [1.165, 1.54) is 0 Å². The van der Waals surface area contributed by atoms with Gasteiger partial charge in [0.25, 0.3) is 5.91 Å². The molecule has 0 unspecified atom stereocenters. The third-order valence-electron chi connectivity index (χ3n) is 3.96. The van der Waals surface area contributed by atoms with Crippen molar-refractivity contribution in [2.24, 2.45) is 0 Å². The Labute approximate surface area is 162 Å². The lowest BCUT2D eigenvalue weighted by atomic mass is 10.1. The summed E-state index contributed by atoms with van der Waals surface area (Å²) in [5.41, 5.74) is 1.85. The zero-order chi connectivity index (χ0) is 19.9. The molecule has 0 fully saturated rings. The summed E-state index contributed by atoms with van der Waals surface area (Å²) in [6, 6.07) is 16.3. The van der Waals surface area contributed by atoms with Crippen molar-refractivity contribution < 1.29 is 23.6 Å². The largest absolute Gasteiger partial charge is 0.457 e. The van der Waals surface area contributed by atoms with Crippen LogP contribution in [0.15, 0.2) is 59.1 Å². The van der Waals surface area contributed by atoms with Crippen LogP contribution in [-0.2, 0) is 20.7 Å². The van der Waals surface area contributed by atoms with Crippen LogP contribution in [0, 0.1) is 13.8 Å². The van der Waals surface area contributed by atoms with Gasteiger partial charge in [-0.05, 0) is 38.1 Å². The number of carbonyl (C=O) groups excluding carboxylic acids is 2. The third-order valence-corrected chi connectivity index (χ3v) is 3.96. The summed E-state index contributed by atoms with van der Waals surface area (Å²) in [6.07, 6.45) is 0.00878. The van der Waals surface area contributed by atoms with Crippen LogP contribution in [-0.4, -0.2) is 23.6 Å². The normalized spacial score (nSPS) is 10.4. The second-order valence-corrected chi connectivity index (χ2v) is 6.13. The Hall–Kier alpha value is -3.61. The van der Waals surface area contributed by atoms with E-state index in [2.05, 4.69) is 10.5 Å². The van der Waals surface area contributed by atoms with E-state index in [1.54, 1.807) is 38.1 Å². The maximum atomic E-state index is 12.1. The molecule has 3 rings (SSSR count). The topological polar surface area (TPSA) is 90.7 Å². The Bertz CT molecular complexity index is 946.